The summed E-state index contributed by atoms with van der Waals surface area (Å²) < 4.78 is 117. The van der Waals surface area contributed by atoms with Crippen LogP contribution in [0.3, 0.4) is 0 Å². The number of hydrogen-bond acceptors (Lipinski definition) is 6. The quantitative estimate of drug-likeness (QED) is 0.259. The second kappa shape index (κ2) is 12.6. The summed E-state index contributed by atoms with van der Waals surface area (Å²) in [5.74, 6) is -6.65. The van der Waals surface area contributed by atoms with Crippen molar-refractivity contribution in [1.29, 1.82) is 0 Å². The molecule has 0 bridgehead atoms. The first kappa shape index (κ1) is 33.6. The number of nitrogens with zero attached hydrogens (tertiary/aromatic N) is 3. The van der Waals surface area contributed by atoms with Crippen LogP contribution in [0.1, 0.15) is 44.3 Å². The molecule has 2 N–H and O–H groups in total. The van der Waals surface area contributed by atoms with Crippen molar-refractivity contribution in [2.24, 2.45) is 0 Å². The van der Waals surface area contributed by atoms with Crippen molar-refractivity contribution < 1.29 is 49.1 Å². The summed E-state index contributed by atoms with van der Waals surface area (Å²) in [7, 11) is -4.36. The fraction of sp³-hybridized carbons (Fsp3) is 0.393. The number of rotatable bonds is 8. The number of carbonyl (C=O) groups excluding carboxylic acids is 2. The molecule has 0 saturated carbocycles. The largest absolute Gasteiger partial charge is 0.449 e. The monoisotopic (exact) mass is 661 g/mol. The highest BCUT2D eigenvalue weighted by atomic mass is 32.2. The molecule has 2 aromatic carbocycles. The number of amides is 2. The molecule has 4 rings (SSSR count). The molecule has 1 aromatic heterocycles. The fourth-order valence-electron chi connectivity index (χ4n) is 4.64. The van der Waals surface area contributed by atoms with Gasteiger partial charge in [-0.05, 0) is 51.0 Å². The third kappa shape index (κ3) is 8.26. The maximum atomic E-state index is 14.5. The number of aromatic nitrogens is 2. The minimum Gasteiger partial charge on any atom is -0.444 e. The number of alkyl halides is 3. The normalized spacial score (nSPS) is 14.5. The van der Waals surface area contributed by atoms with Gasteiger partial charge in [-0.15, -0.1) is 0 Å². The molecule has 0 aliphatic carbocycles. The molecule has 0 spiro atoms. The summed E-state index contributed by atoms with van der Waals surface area (Å²) in [4.78, 5) is 30.3. The smallest absolute Gasteiger partial charge is 0.444 e. The summed E-state index contributed by atoms with van der Waals surface area (Å²) in [5, 5.41) is 2.41. The summed E-state index contributed by atoms with van der Waals surface area (Å²) >= 11 is 0. The van der Waals surface area contributed by atoms with E-state index in [0.717, 1.165) is 9.47 Å². The van der Waals surface area contributed by atoms with E-state index in [9.17, 15) is 44.3 Å². The number of imidazole rings is 1. The zero-order chi connectivity index (χ0) is 33.3. The Hall–Kier alpha value is -4.28. The van der Waals surface area contributed by atoms with E-state index in [4.69, 9.17) is 4.74 Å². The molecular weight excluding hydrogens is 632 g/mol. The third-order valence-electron chi connectivity index (χ3n) is 6.60. The number of sulfonamides is 1. The lowest BCUT2D eigenvalue weighted by Crippen LogP contribution is -2.45. The highest BCUT2D eigenvalue weighted by Gasteiger charge is 2.41. The van der Waals surface area contributed by atoms with E-state index in [0.29, 0.717) is 12.1 Å². The maximum absolute atomic E-state index is 14.5. The van der Waals surface area contributed by atoms with Crippen molar-refractivity contribution >= 4 is 27.8 Å². The standard InChI is InChI=1S/C28H29F6N5O5S/c1-27(2,3)44-26(41)35-17(11-16-12-20(30)21(31)14-19(16)29)13-23(40)38-9-10-39-22(15-38)24(36-25(39)28(32,33)34)37-45(42,43)18-7-5-4-6-8-18/h4-8,12,14,17,37H,9-11,13,15H2,1-3H3,(H,35,41)/t17-/m1/s1. The number of benzene rings is 2. The van der Waals surface area contributed by atoms with Gasteiger partial charge in [-0.2, -0.15) is 13.2 Å². The van der Waals surface area contributed by atoms with E-state index < -0.39 is 94.9 Å². The molecule has 1 atom stereocenters. The van der Waals surface area contributed by atoms with Crippen LogP contribution in [0.2, 0.25) is 0 Å². The average molecular weight is 662 g/mol. The lowest BCUT2D eigenvalue weighted by Gasteiger charge is -2.31. The van der Waals surface area contributed by atoms with Crippen LogP contribution in [0.5, 0.6) is 0 Å². The summed E-state index contributed by atoms with van der Waals surface area (Å²) in [6.45, 7) is 3.53. The third-order valence-corrected chi connectivity index (χ3v) is 7.95. The number of carbonyl (C=O) groups is 2. The molecule has 3 aromatic rings. The van der Waals surface area contributed by atoms with Crippen molar-refractivity contribution in [3.05, 3.63) is 77.0 Å². The van der Waals surface area contributed by atoms with Gasteiger partial charge in [0.15, 0.2) is 17.5 Å². The number of anilines is 1. The van der Waals surface area contributed by atoms with Crippen molar-refractivity contribution in [3.8, 4) is 0 Å². The number of ether oxygens (including phenoxy) is 1. The molecular formula is C28H29F6N5O5S. The van der Waals surface area contributed by atoms with E-state index in [2.05, 4.69) is 15.0 Å². The van der Waals surface area contributed by atoms with Crippen molar-refractivity contribution in [2.75, 3.05) is 11.3 Å². The number of fused-ring (bicyclic) bond motifs is 1. The van der Waals surface area contributed by atoms with Crippen LogP contribution in [-0.2, 0) is 45.2 Å². The van der Waals surface area contributed by atoms with Gasteiger partial charge >= 0.3 is 12.3 Å². The Morgan fingerprint density at radius 3 is 2.27 bits per heavy atom. The van der Waals surface area contributed by atoms with Crippen LogP contribution in [0.4, 0.5) is 37.0 Å². The zero-order valence-corrected chi connectivity index (χ0v) is 25.0. The zero-order valence-electron chi connectivity index (χ0n) is 24.2. The summed E-state index contributed by atoms with van der Waals surface area (Å²) in [6, 6.07) is 6.55. The lowest BCUT2D eigenvalue weighted by atomic mass is 10.0. The van der Waals surface area contributed by atoms with Gasteiger partial charge in [0.2, 0.25) is 11.7 Å². The molecule has 17 heteroatoms. The molecule has 0 unspecified atom stereocenters. The molecule has 0 saturated heterocycles. The molecule has 45 heavy (non-hydrogen) atoms. The number of hydrogen-bond donors (Lipinski definition) is 2. The summed E-state index contributed by atoms with van der Waals surface area (Å²) in [5.41, 5.74) is -1.56. The molecule has 10 nitrogen and oxygen atoms in total. The van der Waals surface area contributed by atoms with Crippen LogP contribution < -0.4 is 10.0 Å². The first-order valence-corrected chi connectivity index (χ1v) is 15.0. The molecule has 0 fully saturated rings. The molecule has 2 amide bonds. The van der Waals surface area contributed by atoms with Crippen LogP contribution in [0, 0.1) is 17.5 Å². The van der Waals surface area contributed by atoms with Crippen LogP contribution in [0.15, 0.2) is 47.4 Å². The molecule has 0 radical (unpaired) electrons. The first-order chi connectivity index (χ1) is 20.8. The SMILES string of the molecule is CC(C)(C)OC(=O)N[C@@H](CC(=O)N1CCn2c(C(F)(F)F)nc(NS(=O)(=O)c3ccccc3)c2C1)Cc1cc(F)c(F)cc1F. The van der Waals surface area contributed by atoms with Crippen LogP contribution in [0.25, 0.3) is 0 Å². The Morgan fingerprint density at radius 2 is 1.64 bits per heavy atom. The van der Waals surface area contributed by atoms with Crippen LogP contribution >= 0.6 is 0 Å². The Kier molecular flexibility index (Phi) is 9.42. The van der Waals surface area contributed by atoms with Gasteiger partial charge < -0.3 is 19.5 Å². The van der Waals surface area contributed by atoms with E-state index in [1.165, 1.54) is 24.3 Å². The topological polar surface area (TPSA) is 123 Å². The Labute approximate surface area is 254 Å². The lowest BCUT2D eigenvalue weighted by molar-refractivity contribution is -0.148. The van der Waals surface area contributed by atoms with Gasteiger partial charge in [-0.3, -0.25) is 9.52 Å². The molecule has 1 aliphatic rings. The second-order valence-electron chi connectivity index (χ2n) is 11.2. The predicted molar refractivity (Wildman–Crippen MR) is 148 cm³/mol. The highest BCUT2D eigenvalue weighted by Crippen LogP contribution is 2.35. The number of alkyl carbamates (subject to hydrolysis) is 1. The summed E-state index contributed by atoms with van der Waals surface area (Å²) in [6.07, 6.45) is -6.97. The fourth-order valence-corrected chi connectivity index (χ4v) is 5.69. The van der Waals surface area contributed by atoms with Crippen molar-refractivity contribution in [1.82, 2.24) is 19.8 Å². The maximum Gasteiger partial charge on any atom is 0.449 e. The highest BCUT2D eigenvalue weighted by molar-refractivity contribution is 7.92. The number of halogens is 6. The Balaban J connectivity index is 1.61. The van der Waals surface area contributed by atoms with Gasteiger partial charge in [-0.25, -0.2) is 31.4 Å². The van der Waals surface area contributed by atoms with Gasteiger partial charge in [-0.1, -0.05) is 18.2 Å². The molecule has 244 valence electrons. The van der Waals surface area contributed by atoms with E-state index in [1.54, 1.807) is 26.8 Å². The van der Waals surface area contributed by atoms with Crippen molar-refractivity contribution in [2.45, 2.75) is 69.4 Å². The Morgan fingerprint density at radius 1 is 1.00 bits per heavy atom. The minimum absolute atomic E-state index is 0.232. The van der Waals surface area contributed by atoms with Gasteiger partial charge in [0, 0.05) is 31.6 Å². The average Bonchev–Trinajstić information content (AvgIpc) is 3.28. The van der Waals surface area contributed by atoms with Gasteiger partial charge in [0.05, 0.1) is 17.1 Å². The van der Waals surface area contributed by atoms with E-state index in [-0.39, 0.29) is 22.7 Å². The van der Waals surface area contributed by atoms with E-state index >= 15 is 0 Å². The first-order valence-electron chi connectivity index (χ1n) is 13.5. The second-order valence-corrected chi connectivity index (χ2v) is 12.9. The minimum atomic E-state index is -4.95. The Bertz CT molecular complexity index is 1690. The number of nitrogens with one attached hydrogen (secondary N) is 2. The molecule has 1 aliphatic heterocycles. The van der Waals surface area contributed by atoms with E-state index in [1.807, 2.05) is 0 Å². The van der Waals surface area contributed by atoms with Crippen LogP contribution in [-0.4, -0.2) is 53.1 Å². The molecule has 2 heterocycles. The van der Waals surface area contributed by atoms with Gasteiger partial charge in [0.25, 0.3) is 10.0 Å². The predicted octanol–water partition coefficient (Wildman–Crippen LogP) is 4.99. The van der Waals surface area contributed by atoms with Crippen molar-refractivity contribution in [3.63, 3.8) is 0 Å². The van der Waals surface area contributed by atoms with Gasteiger partial charge in [0.1, 0.15) is 11.4 Å².